The van der Waals surface area contributed by atoms with Crippen LogP contribution in [0.2, 0.25) is 0 Å². The van der Waals surface area contributed by atoms with Crippen molar-refractivity contribution in [2.45, 2.75) is 19.8 Å². The summed E-state index contributed by atoms with van der Waals surface area (Å²) in [5, 5.41) is 3.08. The second kappa shape index (κ2) is 6.23. The monoisotopic (exact) mass is 187 g/mol. The van der Waals surface area contributed by atoms with Gasteiger partial charge in [-0.15, -0.1) is 0 Å². The lowest BCUT2D eigenvalue weighted by molar-refractivity contribution is 0.818. The smallest absolute Gasteiger partial charge is 0.0277 e. The summed E-state index contributed by atoms with van der Waals surface area (Å²) in [6.07, 6.45) is 1.96. The highest BCUT2D eigenvalue weighted by Gasteiger charge is 1.93. The zero-order valence-corrected chi connectivity index (χ0v) is 8.93. The number of benzene rings is 1. The van der Waals surface area contributed by atoms with E-state index in [9.17, 15) is 0 Å². The number of rotatable bonds is 3. The topological polar surface area (TPSA) is 12.0 Å². The first kappa shape index (κ1) is 10.8. The van der Waals surface area contributed by atoms with Crippen LogP contribution in [0.15, 0.2) is 24.3 Å². The molecule has 0 fully saturated rings. The molecule has 0 bridgehead atoms. The van der Waals surface area contributed by atoms with Crippen LogP contribution in [0.1, 0.15) is 24.5 Å². The summed E-state index contributed by atoms with van der Waals surface area (Å²) in [4.78, 5) is 0. The maximum Gasteiger partial charge on any atom is 0.0277 e. The maximum absolute atomic E-state index is 3.21. The molecule has 0 aliphatic rings. The molecular weight excluding hydrogens is 170 g/mol. The molecule has 1 nitrogen and oxygen atoms in total. The molecule has 0 heterocycles. The van der Waals surface area contributed by atoms with Gasteiger partial charge in [-0.1, -0.05) is 37.0 Å². The summed E-state index contributed by atoms with van der Waals surface area (Å²) >= 11 is 0. The number of aryl methyl sites for hydroxylation is 1. The molecule has 0 amide bonds. The van der Waals surface area contributed by atoms with E-state index in [0.717, 1.165) is 19.4 Å². The van der Waals surface area contributed by atoms with Crippen LogP contribution in [0.5, 0.6) is 0 Å². The lowest BCUT2D eigenvalue weighted by Gasteiger charge is -1.98. The van der Waals surface area contributed by atoms with E-state index in [4.69, 9.17) is 0 Å². The van der Waals surface area contributed by atoms with Gasteiger partial charge in [0.1, 0.15) is 0 Å². The quantitative estimate of drug-likeness (QED) is 0.565. The SMILES string of the molecule is CCc1ccccc1C#CCCNC. The molecule has 1 rings (SSSR count). The second-order valence-electron chi connectivity index (χ2n) is 3.17. The van der Waals surface area contributed by atoms with Crippen LogP contribution in [0, 0.1) is 11.8 Å². The number of hydrogen-bond donors (Lipinski definition) is 1. The lowest BCUT2D eigenvalue weighted by Crippen LogP contribution is -2.05. The average Bonchev–Trinajstić information content (AvgIpc) is 2.25. The van der Waals surface area contributed by atoms with Gasteiger partial charge in [0.15, 0.2) is 0 Å². The molecule has 0 aromatic heterocycles. The highest BCUT2D eigenvalue weighted by atomic mass is 14.8. The van der Waals surface area contributed by atoms with Crippen LogP contribution in [0.25, 0.3) is 0 Å². The summed E-state index contributed by atoms with van der Waals surface area (Å²) in [5.74, 6) is 6.37. The Bertz CT molecular complexity index is 331. The van der Waals surface area contributed by atoms with Gasteiger partial charge in [0.2, 0.25) is 0 Å². The Morgan fingerprint density at radius 1 is 1.29 bits per heavy atom. The molecule has 14 heavy (non-hydrogen) atoms. The summed E-state index contributed by atoms with van der Waals surface area (Å²) in [6, 6.07) is 8.34. The predicted molar refractivity (Wildman–Crippen MR) is 61.2 cm³/mol. The van der Waals surface area contributed by atoms with Gasteiger partial charge in [0, 0.05) is 18.5 Å². The minimum absolute atomic E-state index is 0.911. The van der Waals surface area contributed by atoms with Gasteiger partial charge in [-0.05, 0) is 25.1 Å². The van der Waals surface area contributed by atoms with Gasteiger partial charge in [0.25, 0.3) is 0 Å². The molecule has 0 saturated carbocycles. The molecule has 74 valence electrons. The van der Waals surface area contributed by atoms with Crippen molar-refractivity contribution in [2.75, 3.05) is 13.6 Å². The first-order valence-corrected chi connectivity index (χ1v) is 5.10. The molecule has 0 radical (unpaired) electrons. The zero-order chi connectivity index (χ0) is 10.2. The van der Waals surface area contributed by atoms with Crippen LogP contribution in [-0.4, -0.2) is 13.6 Å². The Balaban J connectivity index is 2.68. The van der Waals surface area contributed by atoms with Crippen molar-refractivity contribution in [3.05, 3.63) is 35.4 Å². The third kappa shape index (κ3) is 3.24. The third-order valence-corrected chi connectivity index (χ3v) is 2.12. The largest absolute Gasteiger partial charge is 0.319 e. The van der Waals surface area contributed by atoms with Crippen LogP contribution in [0.3, 0.4) is 0 Å². The Kier molecular flexibility index (Phi) is 4.82. The van der Waals surface area contributed by atoms with Crippen molar-refractivity contribution in [1.29, 1.82) is 0 Å². The molecule has 1 aromatic rings. The van der Waals surface area contributed by atoms with Gasteiger partial charge in [0.05, 0.1) is 0 Å². The number of nitrogens with one attached hydrogen (secondary N) is 1. The summed E-state index contributed by atoms with van der Waals surface area (Å²) < 4.78 is 0. The summed E-state index contributed by atoms with van der Waals surface area (Å²) in [5.41, 5.74) is 2.51. The first-order chi connectivity index (χ1) is 6.88. The van der Waals surface area contributed by atoms with E-state index in [2.05, 4.69) is 42.3 Å². The standard InChI is InChI=1S/C13H17N/c1-3-12-8-4-5-9-13(12)10-6-7-11-14-2/h4-5,8-9,14H,3,7,11H2,1-2H3. The van der Waals surface area contributed by atoms with Crippen molar-refractivity contribution in [2.24, 2.45) is 0 Å². The van der Waals surface area contributed by atoms with E-state index in [-0.39, 0.29) is 0 Å². The lowest BCUT2D eigenvalue weighted by atomic mass is 10.1. The molecule has 1 heteroatoms. The van der Waals surface area contributed by atoms with E-state index in [1.54, 1.807) is 0 Å². The van der Waals surface area contributed by atoms with E-state index in [1.807, 2.05) is 13.1 Å². The molecule has 1 N–H and O–H groups in total. The van der Waals surface area contributed by atoms with Gasteiger partial charge in [-0.25, -0.2) is 0 Å². The van der Waals surface area contributed by atoms with Crippen molar-refractivity contribution in [3.8, 4) is 11.8 Å². The third-order valence-electron chi connectivity index (χ3n) is 2.12. The van der Waals surface area contributed by atoms with E-state index >= 15 is 0 Å². The van der Waals surface area contributed by atoms with Crippen molar-refractivity contribution < 1.29 is 0 Å². The maximum atomic E-state index is 3.21. The van der Waals surface area contributed by atoms with Crippen LogP contribution in [-0.2, 0) is 6.42 Å². The molecule has 0 spiro atoms. The first-order valence-electron chi connectivity index (χ1n) is 5.10. The average molecular weight is 187 g/mol. The van der Waals surface area contributed by atoms with Crippen LogP contribution in [0.4, 0.5) is 0 Å². The van der Waals surface area contributed by atoms with Crippen LogP contribution < -0.4 is 5.32 Å². The predicted octanol–water partition coefficient (Wildman–Crippen LogP) is 2.21. The zero-order valence-electron chi connectivity index (χ0n) is 8.93. The minimum Gasteiger partial charge on any atom is -0.319 e. The van der Waals surface area contributed by atoms with E-state index < -0.39 is 0 Å². The highest BCUT2D eigenvalue weighted by Crippen LogP contribution is 2.07. The van der Waals surface area contributed by atoms with Gasteiger partial charge in [-0.3, -0.25) is 0 Å². The van der Waals surface area contributed by atoms with E-state index in [0.29, 0.717) is 0 Å². The Morgan fingerprint density at radius 3 is 2.79 bits per heavy atom. The molecule has 0 saturated heterocycles. The van der Waals surface area contributed by atoms with Crippen molar-refractivity contribution in [1.82, 2.24) is 5.32 Å². The molecule has 0 aliphatic carbocycles. The molecule has 0 atom stereocenters. The summed E-state index contributed by atoms with van der Waals surface area (Å²) in [6.45, 7) is 3.12. The Morgan fingerprint density at radius 2 is 2.07 bits per heavy atom. The van der Waals surface area contributed by atoms with E-state index in [1.165, 1.54) is 11.1 Å². The highest BCUT2D eigenvalue weighted by molar-refractivity contribution is 5.41. The van der Waals surface area contributed by atoms with Gasteiger partial charge < -0.3 is 5.32 Å². The fourth-order valence-electron chi connectivity index (χ4n) is 1.30. The van der Waals surface area contributed by atoms with Crippen LogP contribution >= 0.6 is 0 Å². The second-order valence-corrected chi connectivity index (χ2v) is 3.17. The Labute approximate surface area is 86.5 Å². The van der Waals surface area contributed by atoms with Crippen molar-refractivity contribution >= 4 is 0 Å². The molecule has 1 aromatic carbocycles. The van der Waals surface area contributed by atoms with Gasteiger partial charge in [-0.2, -0.15) is 0 Å². The molecule has 0 aliphatic heterocycles. The molecule has 0 unspecified atom stereocenters. The summed E-state index contributed by atoms with van der Waals surface area (Å²) in [7, 11) is 1.95. The van der Waals surface area contributed by atoms with Gasteiger partial charge >= 0.3 is 0 Å². The molecular formula is C13H17N. The number of hydrogen-bond acceptors (Lipinski definition) is 1. The fourth-order valence-corrected chi connectivity index (χ4v) is 1.30. The Hall–Kier alpha value is -1.26. The fraction of sp³-hybridized carbons (Fsp3) is 0.385. The normalized spacial score (nSPS) is 9.29. The minimum atomic E-state index is 0.911. The van der Waals surface area contributed by atoms with Crippen molar-refractivity contribution in [3.63, 3.8) is 0 Å².